The molecule has 216 valence electrons. The summed E-state index contributed by atoms with van der Waals surface area (Å²) < 4.78 is 0. The average molecular weight is 576 g/mol. The summed E-state index contributed by atoms with van der Waals surface area (Å²) in [4.78, 5) is 38.8. The quantitative estimate of drug-likeness (QED) is 0.277. The molecule has 0 spiro atoms. The van der Waals surface area contributed by atoms with Crippen molar-refractivity contribution < 1.29 is 19.5 Å². The largest absolute Gasteiger partial charge is 0.390 e. The van der Waals surface area contributed by atoms with Crippen LogP contribution in [0.15, 0.2) is 71.8 Å². The first-order valence-electron chi connectivity index (χ1n) is 14.1. The Morgan fingerprint density at radius 3 is 2.73 bits per heavy atom. The lowest BCUT2D eigenvalue weighted by molar-refractivity contribution is 0.0517. The standard InChI is InChI=1S/C31H37N5O4S/c1-20-19-41-30(33-20)27-12-7-13-36(27)31(39)24-11-6-10-23(16-24)29(38)34-26(15-22-8-4-3-5-9-22)28(37)18-32-17-25-14-21(2)40-35-25/h3-6,8-11,14,16,19,21,26-28,32,35,37H,7,12-13,15,17-18H2,1-2H3,(H,34,38)/t21?,26-,27+,28+/m0/s1. The lowest BCUT2D eigenvalue weighted by Crippen LogP contribution is -2.49. The average Bonchev–Trinajstić information content (AvgIpc) is 3.74. The van der Waals surface area contributed by atoms with E-state index in [4.69, 9.17) is 4.84 Å². The van der Waals surface area contributed by atoms with E-state index < -0.39 is 12.1 Å². The van der Waals surface area contributed by atoms with E-state index in [0.717, 1.165) is 34.8 Å². The Kier molecular flexibility index (Phi) is 9.45. The molecule has 10 heteroatoms. The molecular weight excluding hydrogens is 538 g/mol. The van der Waals surface area contributed by atoms with Crippen LogP contribution < -0.4 is 16.1 Å². The monoisotopic (exact) mass is 575 g/mol. The molecule has 41 heavy (non-hydrogen) atoms. The van der Waals surface area contributed by atoms with Crippen molar-refractivity contribution in [3.63, 3.8) is 0 Å². The smallest absolute Gasteiger partial charge is 0.254 e. The van der Waals surface area contributed by atoms with Crippen LogP contribution in [0.2, 0.25) is 0 Å². The van der Waals surface area contributed by atoms with Gasteiger partial charge in [-0.1, -0.05) is 36.4 Å². The van der Waals surface area contributed by atoms with Gasteiger partial charge in [0.15, 0.2) is 0 Å². The maximum atomic E-state index is 13.5. The van der Waals surface area contributed by atoms with E-state index in [2.05, 4.69) is 21.1 Å². The molecule has 2 amide bonds. The van der Waals surface area contributed by atoms with Crippen molar-refractivity contribution in [3.05, 3.63) is 99.1 Å². The van der Waals surface area contributed by atoms with Crippen molar-refractivity contribution in [3.8, 4) is 0 Å². The van der Waals surface area contributed by atoms with Crippen LogP contribution in [0.25, 0.3) is 0 Å². The number of nitrogens with one attached hydrogen (secondary N) is 3. The van der Waals surface area contributed by atoms with Gasteiger partial charge in [0.2, 0.25) is 0 Å². The molecule has 1 saturated heterocycles. The Morgan fingerprint density at radius 1 is 1.20 bits per heavy atom. The van der Waals surface area contributed by atoms with Gasteiger partial charge in [-0.15, -0.1) is 11.3 Å². The number of hydrogen-bond acceptors (Lipinski definition) is 8. The van der Waals surface area contributed by atoms with Gasteiger partial charge in [-0.2, -0.15) is 0 Å². The Hall–Kier alpha value is -3.57. The number of benzene rings is 2. The Morgan fingerprint density at radius 2 is 2.00 bits per heavy atom. The highest BCUT2D eigenvalue weighted by Crippen LogP contribution is 2.34. The van der Waals surface area contributed by atoms with Gasteiger partial charge in [0.25, 0.3) is 11.8 Å². The minimum atomic E-state index is -0.851. The zero-order valence-corrected chi connectivity index (χ0v) is 24.2. The number of likely N-dealkylation sites (tertiary alicyclic amines) is 1. The van der Waals surface area contributed by atoms with E-state index in [0.29, 0.717) is 30.6 Å². The summed E-state index contributed by atoms with van der Waals surface area (Å²) in [5, 5.41) is 20.3. The van der Waals surface area contributed by atoms with Crippen LogP contribution >= 0.6 is 11.3 Å². The number of rotatable bonds is 11. The second kappa shape index (κ2) is 13.4. The number of thiazole rings is 1. The van der Waals surface area contributed by atoms with Crippen LogP contribution in [0, 0.1) is 6.92 Å². The van der Waals surface area contributed by atoms with Crippen molar-refractivity contribution in [2.75, 3.05) is 19.6 Å². The van der Waals surface area contributed by atoms with Gasteiger partial charge in [0, 0.05) is 41.8 Å². The third kappa shape index (κ3) is 7.39. The fraction of sp³-hybridized carbons (Fsp3) is 0.387. The highest BCUT2D eigenvalue weighted by molar-refractivity contribution is 7.09. The van der Waals surface area contributed by atoms with Gasteiger partial charge in [-0.05, 0) is 62.9 Å². The fourth-order valence-electron chi connectivity index (χ4n) is 5.27. The van der Waals surface area contributed by atoms with E-state index in [1.54, 1.807) is 35.6 Å². The van der Waals surface area contributed by atoms with Crippen molar-refractivity contribution in [1.29, 1.82) is 0 Å². The molecule has 9 nitrogen and oxygen atoms in total. The molecule has 3 heterocycles. The minimum absolute atomic E-state index is 0.00241. The van der Waals surface area contributed by atoms with Gasteiger partial charge >= 0.3 is 0 Å². The molecule has 1 unspecified atom stereocenters. The number of carbonyl (C=O) groups excluding carboxylic acids is 2. The Labute approximate surface area is 244 Å². The number of carbonyl (C=O) groups is 2. The van der Waals surface area contributed by atoms with Crippen LogP contribution in [0.3, 0.4) is 0 Å². The first-order chi connectivity index (χ1) is 19.9. The normalized spacial score (nSPS) is 19.9. The summed E-state index contributed by atoms with van der Waals surface area (Å²) in [5.74, 6) is -0.441. The van der Waals surface area contributed by atoms with Gasteiger partial charge in [0.05, 0.1) is 23.9 Å². The third-order valence-corrected chi connectivity index (χ3v) is 8.43. The summed E-state index contributed by atoms with van der Waals surface area (Å²) in [5.41, 5.74) is 6.57. The van der Waals surface area contributed by atoms with Crippen LogP contribution in [-0.2, 0) is 11.3 Å². The van der Waals surface area contributed by atoms with Gasteiger partial charge in [-0.25, -0.2) is 4.98 Å². The van der Waals surface area contributed by atoms with Crippen molar-refractivity contribution in [2.45, 2.75) is 57.4 Å². The first kappa shape index (κ1) is 28.9. The molecular formula is C31H37N5O4S. The summed E-state index contributed by atoms with van der Waals surface area (Å²) >= 11 is 1.58. The number of aromatic nitrogens is 1. The van der Waals surface area contributed by atoms with Crippen molar-refractivity contribution in [2.24, 2.45) is 0 Å². The van der Waals surface area contributed by atoms with E-state index in [9.17, 15) is 14.7 Å². The highest BCUT2D eigenvalue weighted by atomic mass is 32.1. The maximum absolute atomic E-state index is 13.5. The number of hydrogen-bond donors (Lipinski definition) is 4. The lowest BCUT2D eigenvalue weighted by atomic mass is 10.00. The summed E-state index contributed by atoms with van der Waals surface area (Å²) in [6.45, 7) is 5.34. The van der Waals surface area contributed by atoms with E-state index in [1.165, 1.54) is 0 Å². The molecule has 4 N–H and O–H groups in total. The Balaban J connectivity index is 1.26. The topological polar surface area (TPSA) is 116 Å². The zero-order chi connectivity index (χ0) is 28.8. The number of aliphatic hydroxyl groups is 1. The predicted octanol–water partition coefficient (Wildman–Crippen LogP) is 3.53. The van der Waals surface area contributed by atoms with E-state index >= 15 is 0 Å². The maximum Gasteiger partial charge on any atom is 0.254 e. The molecule has 3 aromatic rings. The highest BCUT2D eigenvalue weighted by Gasteiger charge is 2.33. The van der Waals surface area contributed by atoms with Crippen LogP contribution in [0.4, 0.5) is 0 Å². The molecule has 0 bridgehead atoms. The van der Waals surface area contributed by atoms with Crippen molar-refractivity contribution in [1.82, 2.24) is 26.0 Å². The van der Waals surface area contributed by atoms with Crippen LogP contribution in [0.5, 0.6) is 0 Å². The summed E-state index contributed by atoms with van der Waals surface area (Å²) in [6, 6.07) is 16.0. The summed E-state index contributed by atoms with van der Waals surface area (Å²) in [6.07, 6.45) is 3.37. The van der Waals surface area contributed by atoms with E-state index in [1.807, 2.05) is 60.5 Å². The molecule has 0 saturated carbocycles. The summed E-state index contributed by atoms with van der Waals surface area (Å²) in [7, 11) is 0. The number of aryl methyl sites for hydroxylation is 1. The molecule has 0 aliphatic carbocycles. The van der Waals surface area contributed by atoms with Gasteiger partial charge < -0.3 is 20.6 Å². The number of nitrogens with zero attached hydrogens (tertiary/aromatic N) is 2. The molecule has 2 aliphatic rings. The fourth-order valence-corrected chi connectivity index (χ4v) is 6.21. The third-order valence-electron chi connectivity index (χ3n) is 7.37. The van der Waals surface area contributed by atoms with Crippen LogP contribution in [0.1, 0.15) is 62.8 Å². The second-order valence-electron chi connectivity index (χ2n) is 10.6. The molecule has 2 aromatic carbocycles. The molecule has 5 rings (SSSR count). The first-order valence-corrected chi connectivity index (χ1v) is 14.9. The number of amides is 2. The van der Waals surface area contributed by atoms with Crippen molar-refractivity contribution >= 4 is 23.2 Å². The molecule has 0 radical (unpaired) electrons. The Bertz CT molecular complexity index is 1380. The molecule has 4 atom stereocenters. The zero-order valence-electron chi connectivity index (χ0n) is 23.4. The van der Waals surface area contributed by atoms with E-state index in [-0.39, 0.29) is 30.5 Å². The molecule has 1 aromatic heterocycles. The lowest BCUT2D eigenvalue weighted by Gasteiger charge is -2.25. The van der Waals surface area contributed by atoms with Gasteiger partial charge in [-0.3, -0.25) is 19.9 Å². The predicted molar refractivity (Wildman–Crippen MR) is 158 cm³/mol. The minimum Gasteiger partial charge on any atom is -0.390 e. The SMILES string of the molecule is Cc1csc([C@H]2CCCN2C(=O)c2cccc(C(=O)N[C@@H](Cc3ccccc3)[C@H](O)CNCC3=CC(C)ON3)c2)n1. The number of aliphatic hydroxyl groups excluding tert-OH is 1. The van der Waals surface area contributed by atoms with Gasteiger partial charge in [0.1, 0.15) is 11.1 Å². The van der Waals surface area contributed by atoms with Crippen LogP contribution in [-0.4, -0.2) is 64.7 Å². The molecule has 2 aliphatic heterocycles. The second-order valence-corrected chi connectivity index (χ2v) is 11.5. The number of hydroxylamine groups is 1. The molecule has 1 fully saturated rings.